The number of fused-ring (bicyclic) bond motifs is 1. The summed E-state index contributed by atoms with van der Waals surface area (Å²) in [5.41, 5.74) is 0.707. The monoisotopic (exact) mass is 609 g/mol. The Bertz CT molecular complexity index is 1730. The minimum atomic E-state index is -4.55. The summed E-state index contributed by atoms with van der Waals surface area (Å²) in [6.45, 7) is 3.88. The third kappa shape index (κ3) is 6.95. The Hall–Kier alpha value is -2.70. The molecule has 0 spiro atoms. The first-order valence-corrected chi connectivity index (χ1v) is 13.9. The first-order valence-electron chi connectivity index (χ1n) is 11.7. The van der Waals surface area contributed by atoms with E-state index in [1.165, 1.54) is 18.2 Å². The normalized spacial score (nSPS) is 11.4. The van der Waals surface area contributed by atoms with Gasteiger partial charge in [-0.3, -0.25) is 9.35 Å². The number of carbonyl (C=O) groups excluding carboxylic acids is 1. The van der Waals surface area contributed by atoms with Crippen LogP contribution in [-0.2, 0) is 16.5 Å². The number of hydrogen-bond acceptors (Lipinski definition) is 7. The van der Waals surface area contributed by atoms with Crippen LogP contribution in [-0.4, -0.2) is 25.5 Å². The number of nitrogens with zero attached hydrogens (tertiary/aromatic N) is 2. The molecule has 0 bridgehead atoms. The number of amides is 1. The molecule has 0 unspecified atom stereocenters. The van der Waals surface area contributed by atoms with Crippen LogP contribution in [0, 0.1) is 0 Å². The Kier molecular flexibility index (Phi) is 10.6. The molecule has 2 N–H and O–H groups in total. The molecule has 0 atom stereocenters. The summed E-state index contributed by atoms with van der Waals surface area (Å²) in [5.74, 6) is -0.996. The number of benzene rings is 4. The maximum absolute atomic E-state index is 13.5. The van der Waals surface area contributed by atoms with E-state index >= 15 is 0 Å². The average molecular weight is 610 g/mol. The van der Waals surface area contributed by atoms with Gasteiger partial charge in [0.05, 0.1) is 28.7 Å². The SMILES string of the molecule is CCOc1cc(Cl)ccc1NC(=O)c1cc2ccccc2c(N=Nc2cc(Cl)c(S(=O)(=O)O)cc2CC)c1[O-].[Na+]. The molecule has 0 aliphatic carbocycles. The van der Waals surface area contributed by atoms with E-state index in [1.54, 1.807) is 56.3 Å². The van der Waals surface area contributed by atoms with E-state index in [0.717, 1.165) is 0 Å². The molecule has 13 heteroatoms. The zero-order valence-electron chi connectivity index (χ0n) is 21.7. The van der Waals surface area contributed by atoms with Crippen LogP contribution in [0.1, 0.15) is 29.8 Å². The summed E-state index contributed by atoms with van der Waals surface area (Å²) in [6.07, 6.45) is 0.338. The first-order chi connectivity index (χ1) is 18.5. The fraction of sp³-hybridized carbons (Fsp3) is 0.148. The average Bonchev–Trinajstić information content (AvgIpc) is 2.88. The second kappa shape index (κ2) is 13.3. The van der Waals surface area contributed by atoms with Crippen molar-refractivity contribution in [2.24, 2.45) is 10.2 Å². The van der Waals surface area contributed by atoms with Crippen LogP contribution in [0.15, 0.2) is 75.8 Å². The molecule has 9 nitrogen and oxygen atoms in total. The van der Waals surface area contributed by atoms with E-state index in [-0.39, 0.29) is 51.5 Å². The minimum absolute atomic E-state index is 0. The van der Waals surface area contributed by atoms with Crippen molar-refractivity contribution in [3.63, 3.8) is 0 Å². The number of azo groups is 1. The van der Waals surface area contributed by atoms with Crippen molar-refractivity contribution < 1.29 is 57.2 Å². The van der Waals surface area contributed by atoms with Gasteiger partial charge in [-0.15, -0.1) is 0 Å². The molecular weight excluding hydrogens is 588 g/mol. The molecule has 0 aliphatic rings. The van der Waals surface area contributed by atoms with Gasteiger partial charge in [-0.1, -0.05) is 60.1 Å². The molecular formula is C27H22Cl2N3NaO6S. The third-order valence-corrected chi connectivity index (χ3v) is 7.31. The molecule has 0 fully saturated rings. The molecule has 4 aromatic rings. The predicted octanol–water partition coefficient (Wildman–Crippen LogP) is 4.10. The molecule has 0 aliphatic heterocycles. The topological polar surface area (TPSA) is 140 Å². The van der Waals surface area contributed by atoms with Gasteiger partial charge in [-0.25, -0.2) is 0 Å². The van der Waals surface area contributed by atoms with Gasteiger partial charge in [0.25, 0.3) is 16.0 Å². The Morgan fingerprint density at radius 3 is 2.45 bits per heavy atom. The fourth-order valence-corrected chi connectivity index (χ4v) is 5.11. The summed E-state index contributed by atoms with van der Waals surface area (Å²) in [6, 6.07) is 15.5. The molecule has 0 saturated carbocycles. The number of carbonyl (C=O) groups is 1. The van der Waals surface area contributed by atoms with Crippen molar-refractivity contribution >= 4 is 67.1 Å². The number of halogens is 2. The number of hydrogen-bond donors (Lipinski definition) is 2. The Morgan fingerprint density at radius 1 is 1.05 bits per heavy atom. The summed E-state index contributed by atoms with van der Waals surface area (Å²) in [4.78, 5) is 12.8. The van der Waals surface area contributed by atoms with Crippen LogP contribution in [0.3, 0.4) is 0 Å². The van der Waals surface area contributed by atoms with Crippen molar-refractivity contribution in [2.75, 3.05) is 11.9 Å². The molecule has 0 saturated heterocycles. The van der Waals surface area contributed by atoms with Crippen LogP contribution < -0.4 is 44.7 Å². The quantitative estimate of drug-likeness (QED) is 0.175. The summed E-state index contributed by atoms with van der Waals surface area (Å²) >= 11 is 12.1. The fourth-order valence-electron chi connectivity index (χ4n) is 3.90. The van der Waals surface area contributed by atoms with Crippen LogP contribution >= 0.6 is 23.2 Å². The zero-order valence-corrected chi connectivity index (χ0v) is 26.1. The second-order valence-electron chi connectivity index (χ2n) is 8.29. The molecule has 0 heterocycles. The molecule has 1 amide bonds. The molecule has 0 radical (unpaired) electrons. The van der Waals surface area contributed by atoms with Crippen molar-refractivity contribution in [1.29, 1.82) is 0 Å². The van der Waals surface area contributed by atoms with E-state index in [2.05, 4.69) is 15.5 Å². The van der Waals surface area contributed by atoms with Gasteiger partial charge in [-0.2, -0.15) is 18.6 Å². The van der Waals surface area contributed by atoms with Gasteiger partial charge in [0.2, 0.25) is 0 Å². The molecule has 40 heavy (non-hydrogen) atoms. The maximum Gasteiger partial charge on any atom is 1.00 e. The van der Waals surface area contributed by atoms with Gasteiger partial charge in [0.1, 0.15) is 10.6 Å². The summed E-state index contributed by atoms with van der Waals surface area (Å²) in [7, 11) is -4.55. The number of anilines is 1. The van der Waals surface area contributed by atoms with Gasteiger partial charge in [0.15, 0.2) is 0 Å². The van der Waals surface area contributed by atoms with Crippen molar-refractivity contribution in [3.05, 3.63) is 81.8 Å². The second-order valence-corrected chi connectivity index (χ2v) is 10.5. The number of aryl methyl sites for hydroxylation is 1. The Morgan fingerprint density at radius 2 is 1.77 bits per heavy atom. The van der Waals surface area contributed by atoms with Crippen molar-refractivity contribution in [2.45, 2.75) is 25.2 Å². The van der Waals surface area contributed by atoms with Gasteiger partial charge in [0, 0.05) is 22.0 Å². The van der Waals surface area contributed by atoms with Gasteiger partial charge >= 0.3 is 29.6 Å². The molecule has 4 aromatic carbocycles. The van der Waals surface area contributed by atoms with Crippen LogP contribution in [0.5, 0.6) is 11.5 Å². The van der Waals surface area contributed by atoms with Crippen molar-refractivity contribution in [3.8, 4) is 11.5 Å². The summed E-state index contributed by atoms with van der Waals surface area (Å²) in [5, 5.41) is 25.8. The molecule has 0 aromatic heterocycles. The largest absolute Gasteiger partial charge is 1.00 e. The van der Waals surface area contributed by atoms with Gasteiger partial charge in [-0.05, 0) is 54.6 Å². The maximum atomic E-state index is 13.5. The van der Waals surface area contributed by atoms with E-state index in [4.69, 9.17) is 27.9 Å². The number of nitrogens with one attached hydrogen (secondary N) is 1. The molecule has 4 rings (SSSR count). The zero-order chi connectivity index (χ0) is 28.3. The smallest absolute Gasteiger partial charge is 0.870 e. The van der Waals surface area contributed by atoms with E-state index in [9.17, 15) is 22.9 Å². The van der Waals surface area contributed by atoms with E-state index < -0.39 is 26.7 Å². The van der Waals surface area contributed by atoms with Crippen LogP contribution in [0.4, 0.5) is 17.1 Å². The van der Waals surface area contributed by atoms with E-state index in [1.807, 2.05) is 0 Å². The van der Waals surface area contributed by atoms with Gasteiger partial charge < -0.3 is 15.2 Å². The Labute approximate surface area is 263 Å². The molecule has 202 valence electrons. The van der Waals surface area contributed by atoms with E-state index in [0.29, 0.717) is 45.8 Å². The first kappa shape index (κ1) is 31.8. The Balaban J connectivity index is 0.00000441. The van der Waals surface area contributed by atoms with Crippen molar-refractivity contribution in [1.82, 2.24) is 0 Å². The summed E-state index contributed by atoms with van der Waals surface area (Å²) < 4.78 is 38.3. The third-order valence-electron chi connectivity index (χ3n) is 5.76. The van der Waals surface area contributed by atoms with Crippen LogP contribution in [0.25, 0.3) is 10.8 Å². The van der Waals surface area contributed by atoms with Crippen LogP contribution in [0.2, 0.25) is 10.0 Å². The standard InChI is InChI=1S/C27H23Cl2N3O6S.Na/c1-3-15-12-24(39(35,36)37)20(29)14-22(15)31-32-25-18-8-6-5-7-16(18)11-19(26(25)33)27(34)30-21-10-9-17(28)13-23(21)38-4-2;/h5-14,33H,3-4H2,1-2H3,(H,30,34)(H,35,36,37);/q;+1/p-1. The number of ether oxygens (including phenoxy) is 1. The number of rotatable bonds is 8. The minimum Gasteiger partial charge on any atom is -0.870 e. The predicted molar refractivity (Wildman–Crippen MR) is 149 cm³/mol.